The highest BCUT2D eigenvalue weighted by molar-refractivity contribution is 5.80. The Morgan fingerprint density at radius 3 is 2.60 bits per heavy atom. The minimum Gasteiger partial charge on any atom is -0.491 e. The van der Waals surface area contributed by atoms with Crippen LogP contribution < -0.4 is 10.5 Å². The smallest absolute Gasteiger partial charge is 0.235 e. The highest BCUT2D eigenvalue weighted by Gasteiger charge is 2.31. The van der Waals surface area contributed by atoms with E-state index >= 15 is 0 Å². The van der Waals surface area contributed by atoms with Crippen LogP contribution in [0.4, 0.5) is 4.39 Å². The van der Waals surface area contributed by atoms with Gasteiger partial charge in [0.15, 0.2) is 0 Å². The van der Waals surface area contributed by atoms with Crippen molar-refractivity contribution < 1.29 is 19.0 Å². The van der Waals surface area contributed by atoms with Crippen molar-refractivity contribution in [2.75, 3.05) is 13.2 Å². The lowest BCUT2D eigenvalue weighted by Crippen LogP contribution is -2.51. The summed E-state index contributed by atoms with van der Waals surface area (Å²) in [7, 11) is 0. The lowest BCUT2D eigenvalue weighted by molar-refractivity contribution is -0.124. The third-order valence-electron chi connectivity index (χ3n) is 4.38. The molecule has 0 radical (unpaired) electrons. The number of fused-ring (bicyclic) bond motifs is 1. The average molecular weight is 344 g/mol. The van der Waals surface area contributed by atoms with Crippen LogP contribution in [-0.2, 0) is 17.8 Å². The molecule has 25 heavy (non-hydrogen) atoms. The van der Waals surface area contributed by atoms with Crippen molar-refractivity contribution in [2.24, 2.45) is 5.73 Å². The second-order valence-electron chi connectivity index (χ2n) is 6.24. The monoisotopic (exact) mass is 344 g/mol. The van der Waals surface area contributed by atoms with Crippen LogP contribution in [0.1, 0.15) is 11.1 Å². The van der Waals surface area contributed by atoms with Crippen LogP contribution in [0.3, 0.4) is 0 Å². The van der Waals surface area contributed by atoms with Crippen LogP contribution in [0.15, 0.2) is 48.5 Å². The first-order valence-electron chi connectivity index (χ1n) is 8.19. The van der Waals surface area contributed by atoms with Gasteiger partial charge in [0.1, 0.15) is 24.3 Å². The van der Waals surface area contributed by atoms with E-state index in [9.17, 15) is 14.3 Å². The van der Waals surface area contributed by atoms with E-state index in [0.717, 1.165) is 11.1 Å². The van der Waals surface area contributed by atoms with Gasteiger partial charge in [0.05, 0.1) is 6.04 Å². The van der Waals surface area contributed by atoms with Gasteiger partial charge < -0.3 is 15.6 Å². The van der Waals surface area contributed by atoms with Crippen molar-refractivity contribution >= 4 is 5.91 Å². The Hall–Kier alpha value is -2.44. The van der Waals surface area contributed by atoms with Crippen molar-refractivity contribution in [2.45, 2.75) is 25.1 Å². The zero-order chi connectivity index (χ0) is 17.8. The van der Waals surface area contributed by atoms with Crippen molar-refractivity contribution in [3.63, 3.8) is 0 Å². The van der Waals surface area contributed by atoms with Gasteiger partial charge in [-0.15, -0.1) is 0 Å². The summed E-state index contributed by atoms with van der Waals surface area (Å²) in [5.74, 6) is -0.263. The fraction of sp³-hybridized carbons (Fsp3) is 0.316. The summed E-state index contributed by atoms with van der Waals surface area (Å²) in [6.07, 6.45) is -0.256. The molecule has 0 aromatic heterocycles. The molecule has 1 amide bonds. The number of β-amino-alcohol motifs (C(OH)–C–C–N with tert-alkyl or cyclic N) is 1. The summed E-state index contributed by atoms with van der Waals surface area (Å²) in [6.45, 7) is 0.871. The molecule has 3 N–H and O–H groups in total. The van der Waals surface area contributed by atoms with Crippen molar-refractivity contribution in [3.05, 3.63) is 65.5 Å². The zero-order valence-corrected chi connectivity index (χ0v) is 13.8. The number of hydrogen-bond acceptors (Lipinski definition) is 4. The number of ether oxygens (including phenoxy) is 1. The number of carbonyl (C=O) groups excluding carboxylic acids is 1. The van der Waals surface area contributed by atoms with Gasteiger partial charge in [-0.2, -0.15) is 0 Å². The molecule has 0 spiro atoms. The van der Waals surface area contributed by atoms with E-state index in [1.165, 1.54) is 24.3 Å². The largest absolute Gasteiger partial charge is 0.491 e. The average Bonchev–Trinajstić information content (AvgIpc) is 2.60. The van der Waals surface area contributed by atoms with Crippen molar-refractivity contribution in [1.29, 1.82) is 0 Å². The molecule has 2 aromatic rings. The fourth-order valence-electron chi connectivity index (χ4n) is 3.10. The van der Waals surface area contributed by atoms with E-state index in [1.807, 2.05) is 29.2 Å². The third kappa shape index (κ3) is 4.35. The van der Waals surface area contributed by atoms with E-state index in [2.05, 4.69) is 0 Å². The number of amides is 1. The quantitative estimate of drug-likeness (QED) is 0.832. The van der Waals surface area contributed by atoms with E-state index in [1.54, 1.807) is 0 Å². The number of aliphatic hydroxyl groups excluding tert-OH is 1. The molecule has 3 rings (SSSR count). The topological polar surface area (TPSA) is 75.8 Å². The summed E-state index contributed by atoms with van der Waals surface area (Å²) in [5, 5.41) is 10.3. The van der Waals surface area contributed by atoms with Crippen LogP contribution in [-0.4, -0.2) is 41.2 Å². The zero-order valence-electron chi connectivity index (χ0n) is 13.8. The van der Waals surface area contributed by atoms with Gasteiger partial charge in [-0.1, -0.05) is 24.3 Å². The van der Waals surface area contributed by atoms with Gasteiger partial charge in [0.2, 0.25) is 5.91 Å². The number of carbonyl (C=O) groups is 1. The predicted octanol–water partition coefficient (Wildman–Crippen LogP) is 1.48. The van der Waals surface area contributed by atoms with Crippen LogP contribution in [0, 0.1) is 5.82 Å². The third-order valence-corrected chi connectivity index (χ3v) is 4.38. The number of primary amides is 1. The maximum Gasteiger partial charge on any atom is 0.235 e. The van der Waals surface area contributed by atoms with Gasteiger partial charge in [0, 0.05) is 13.1 Å². The summed E-state index contributed by atoms with van der Waals surface area (Å²) in [5.41, 5.74) is 7.78. The SMILES string of the molecule is NC(=O)[C@@H]1Cc2ccccc2CN1C[C@H](O)COc1ccc(F)cc1. The predicted molar refractivity (Wildman–Crippen MR) is 91.4 cm³/mol. The maximum absolute atomic E-state index is 12.9. The first-order valence-corrected chi connectivity index (χ1v) is 8.19. The highest BCUT2D eigenvalue weighted by Crippen LogP contribution is 2.23. The molecule has 0 aliphatic carbocycles. The molecule has 1 aliphatic rings. The summed E-state index contributed by atoms with van der Waals surface area (Å²) >= 11 is 0. The summed E-state index contributed by atoms with van der Waals surface area (Å²) in [4.78, 5) is 13.7. The van der Waals surface area contributed by atoms with Crippen LogP contribution >= 0.6 is 0 Å². The standard InChI is InChI=1S/C19H21FN2O3/c20-15-5-7-17(8-6-15)25-12-16(23)11-22-10-14-4-2-1-3-13(14)9-18(22)19(21)24/h1-8,16,18,23H,9-12H2,(H2,21,24)/t16-,18-/m0/s1. The maximum atomic E-state index is 12.9. The lowest BCUT2D eigenvalue weighted by atomic mass is 9.93. The number of nitrogens with zero attached hydrogens (tertiary/aromatic N) is 1. The normalized spacial score (nSPS) is 18.4. The molecule has 2 atom stereocenters. The molecule has 2 aromatic carbocycles. The Bertz CT molecular complexity index is 736. The number of halogens is 1. The van der Waals surface area contributed by atoms with Crippen molar-refractivity contribution in [1.82, 2.24) is 4.90 Å². The molecule has 132 valence electrons. The Kier molecular flexibility index (Phi) is 5.31. The Balaban J connectivity index is 1.61. The van der Waals surface area contributed by atoms with Gasteiger partial charge in [-0.25, -0.2) is 4.39 Å². The first-order chi connectivity index (χ1) is 12.0. The molecular formula is C19H21FN2O3. The highest BCUT2D eigenvalue weighted by atomic mass is 19.1. The van der Waals surface area contributed by atoms with E-state index in [-0.39, 0.29) is 19.0 Å². The second-order valence-corrected chi connectivity index (χ2v) is 6.24. The molecule has 0 unspecified atom stereocenters. The van der Waals surface area contributed by atoms with Gasteiger partial charge in [-0.05, 0) is 41.8 Å². The van der Waals surface area contributed by atoms with E-state index < -0.39 is 18.1 Å². The minimum absolute atomic E-state index is 0.0509. The molecule has 0 fully saturated rings. The lowest BCUT2D eigenvalue weighted by Gasteiger charge is -2.36. The molecule has 0 bridgehead atoms. The fourth-order valence-corrected chi connectivity index (χ4v) is 3.10. The number of aliphatic hydroxyl groups is 1. The Morgan fingerprint density at radius 1 is 1.24 bits per heavy atom. The number of rotatable bonds is 6. The van der Waals surface area contributed by atoms with Crippen LogP contribution in [0.2, 0.25) is 0 Å². The first kappa shape index (κ1) is 17.4. The van der Waals surface area contributed by atoms with E-state index in [0.29, 0.717) is 18.7 Å². The molecule has 0 saturated carbocycles. The summed E-state index contributed by atoms with van der Waals surface area (Å²) in [6, 6.07) is 13.1. The van der Waals surface area contributed by atoms with Crippen LogP contribution in [0.25, 0.3) is 0 Å². The van der Waals surface area contributed by atoms with Gasteiger partial charge >= 0.3 is 0 Å². The Labute approximate surface area is 145 Å². The van der Waals surface area contributed by atoms with Crippen LogP contribution in [0.5, 0.6) is 5.75 Å². The second kappa shape index (κ2) is 7.63. The number of hydrogen-bond donors (Lipinski definition) is 2. The number of benzene rings is 2. The molecule has 0 saturated heterocycles. The summed E-state index contributed by atoms with van der Waals surface area (Å²) < 4.78 is 18.3. The molecule has 5 nitrogen and oxygen atoms in total. The molecular weight excluding hydrogens is 323 g/mol. The van der Waals surface area contributed by atoms with Gasteiger partial charge in [0.25, 0.3) is 0 Å². The molecule has 6 heteroatoms. The van der Waals surface area contributed by atoms with E-state index in [4.69, 9.17) is 10.5 Å². The Morgan fingerprint density at radius 2 is 1.92 bits per heavy atom. The van der Waals surface area contributed by atoms with Gasteiger partial charge in [-0.3, -0.25) is 9.69 Å². The molecule has 1 aliphatic heterocycles. The minimum atomic E-state index is -0.794. The van der Waals surface area contributed by atoms with Crippen molar-refractivity contribution in [3.8, 4) is 5.75 Å². The number of nitrogens with two attached hydrogens (primary N) is 1. The molecule has 1 heterocycles.